The van der Waals surface area contributed by atoms with Crippen molar-refractivity contribution in [2.45, 2.75) is 31.6 Å². The molecule has 1 aromatic heterocycles. The van der Waals surface area contributed by atoms with Gasteiger partial charge in [-0.15, -0.1) is 0 Å². The minimum Gasteiger partial charge on any atom is -0.497 e. The predicted octanol–water partition coefficient (Wildman–Crippen LogP) is 3.75. The van der Waals surface area contributed by atoms with Crippen molar-refractivity contribution in [2.24, 2.45) is 0 Å². The van der Waals surface area contributed by atoms with Gasteiger partial charge in [-0.1, -0.05) is 23.4 Å². The third kappa shape index (κ3) is 2.95. The molecule has 1 atom stereocenters. The zero-order chi connectivity index (χ0) is 19.1. The van der Waals surface area contributed by atoms with Crippen LogP contribution in [0.2, 0.25) is 0 Å². The molecule has 2 aromatic carbocycles. The number of methoxy groups -OCH3 is 1. The van der Waals surface area contributed by atoms with Gasteiger partial charge in [-0.25, -0.2) is 0 Å². The molecule has 0 saturated carbocycles. The molecular formula is C22H21N3O3. The van der Waals surface area contributed by atoms with E-state index in [9.17, 15) is 4.79 Å². The summed E-state index contributed by atoms with van der Waals surface area (Å²) in [6.07, 6.45) is 3.82. The third-order valence-electron chi connectivity index (χ3n) is 5.64. The van der Waals surface area contributed by atoms with E-state index in [0.717, 1.165) is 29.8 Å². The van der Waals surface area contributed by atoms with Gasteiger partial charge in [-0.05, 0) is 54.7 Å². The van der Waals surface area contributed by atoms with Crippen LogP contribution in [0.3, 0.4) is 0 Å². The van der Waals surface area contributed by atoms with Crippen LogP contribution in [0, 0.1) is 0 Å². The molecule has 0 N–H and O–H groups in total. The molecule has 1 aliphatic heterocycles. The Bertz CT molecular complexity index is 1040. The second kappa shape index (κ2) is 6.78. The topological polar surface area (TPSA) is 68.5 Å². The normalized spacial score (nSPS) is 18.5. The van der Waals surface area contributed by atoms with Gasteiger partial charge in [0.25, 0.3) is 0 Å². The lowest BCUT2D eigenvalue weighted by atomic mass is 10.1. The van der Waals surface area contributed by atoms with Crippen molar-refractivity contribution in [1.29, 1.82) is 0 Å². The number of hydrogen-bond donors (Lipinski definition) is 0. The first-order chi connectivity index (χ1) is 13.7. The Morgan fingerprint density at radius 3 is 2.93 bits per heavy atom. The van der Waals surface area contributed by atoms with Crippen LogP contribution in [0.5, 0.6) is 5.75 Å². The molecule has 3 aromatic rings. The number of anilines is 1. The molecule has 0 spiro atoms. The van der Waals surface area contributed by atoms with Crippen LogP contribution in [0.1, 0.15) is 35.8 Å². The molecule has 6 nitrogen and oxygen atoms in total. The van der Waals surface area contributed by atoms with E-state index in [1.807, 2.05) is 29.2 Å². The Morgan fingerprint density at radius 1 is 1.14 bits per heavy atom. The first kappa shape index (κ1) is 17.0. The quantitative estimate of drug-likeness (QED) is 0.695. The molecule has 0 radical (unpaired) electrons. The zero-order valence-corrected chi connectivity index (χ0v) is 15.7. The second-order valence-electron chi connectivity index (χ2n) is 7.40. The summed E-state index contributed by atoms with van der Waals surface area (Å²) >= 11 is 0. The Hall–Kier alpha value is -3.15. The number of rotatable bonds is 4. The van der Waals surface area contributed by atoms with Gasteiger partial charge in [-0.2, -0.15) is 4.98 Å². The van der Waals surface area contributed by atoms with Crippen LogP contribution in [-0.2, 0) is 17.6 Å². The molecule has 2 heterocycles. The van der Waals surface area contributed by atoms with Crippen molar-refractivity contribution >= 4 is 11.6 Å². The first-order valence-corrected chi connectivity index (χ1v) is 9.61. The van der Waals surface area contributed by atoms with E-state index >= 15 is 0 Å². The molecule has 28 heavy (non-hydrogen) atoms. The highest BCUT2D eigenvalue weighted by Gasteiger charge is 2.35. The van der Waals surface area contributed by atoms with Gasteiger partial charge >= 0.3 is 0 Å². The SMILES string of the molecule is COc1cccc(-c2noc(C3CC(=O)N(c4ccc5c(c4)CCC5)C3)n2)c1. The van der Waals surface area contributed by atoms with E-state index in [0.29, 0.717) is 24.7 Å². The predicted molar refractivity (Wildman–Crippen MR) is 104 cm³/mol. The maximum absolute atomic E-state index is 12.6. The fraction of sp³-hybridized carbons (Fsp3) is 0.318. The Balaban J connectivity index is 1.37. The van der Waals surface area contributed by atoms with Crippen LogP contribution in [0.4, 0.5) is 5.69 Å². The summed E-state index contributed by atoms with van der Waals surface area (Å²) in [5, 5.41) is 4.11. The van der Waals surface area contributed by atoms with Crippen molar-refractivity contribution in [3.05, 3.63) is 59.5 Å². The fourth-order valence-electron chi connectivity index (χ4n) is 4.13. The summed E-state index contributed by atoms with van der Waals surface area (Å²) in [4.78, 5) is 19.0. The van der Waals surface area contributed by atoms with Crippen molar-refractivity contribution in [3.8, 4) is 17.1 Å². The summed E-state index contributed by atoms with van der Waals surface area (Å²) in [5.41, 5.74) is 4.58. The van der Waals surface area contributed by atoms with Crippen molar-refractivity contribution in [2.75, 3.05) is 18.6 Å². The van der Waals surface area contributed by atoms with Gasteiger partial charge < -0.3 is 14.2 Å². The lowest BCUT2D eigenvalue weighted by Gasteiger charge is -2.17. The summed E-state index contributed by atoms with van der Waals surface area (Å²) in [6.45, 7) is 0.567. The molecule has 2 aliphatic rings. The van der Waals surface area contributed by atoms with Gasteiger partial charge in [-0.3, -0.25) is 4.79 Å². The number of benzene rings is 2. The fourth-order valence-corrected chi connectivity index (χ4v) is 4.13. The van der Waals surface area contributed by atoms with Gasteiger partial charge in [0.2, 0.25) is 17.6 Å². The molecule has 1 saturated heterocycles. The largest absolute Gasteiger partial charge is 0.497 e. The van der Waals surface area contributed by atoms with Crippen molar-refractivity contribution in [1.82, 2.24) is 10.1 Å². The van der Waals surface area contributed by atoms with E-state index in [2.05, 4.69) is 28.3 Å². The van der Waals surface area contributed by atoms with Crippen LogP contribution in [0.15, 0.2) is 47.0 Å². The molecule has 1 unspecified atom stereocenters. The smallest absolute Gasteiger partial charge is 0.232 e. The van der Waals surface area contributed by atoms with E-state index in [1.165, 1.54) is 17.5 Å². The number of hydrogen-bond acceptors (Lipinski definition) is 5. The number of aromatic nitrogens is 2. The highest BCUT2D eigenvalue weighted by molar-refractivity contribution is 5.96. The Labute approximate surface area is 163 Å². The maximum Gasteiger partial charge on any atom is 0.232 e. The monoisotopic (exact) mass is 375 g/mol. The average Bonchev–Trinajstić information content (AvgIpc) is 3.46. The number of carbonyl (C=O) groups excluding carboxylic acids is 1. The number of fused-ring (bicyclic) bond motifs is 1. The minimum atomic E-state index is -0.0902. The number of aryl methyl sites for hydroxylation is 2. The molecule has 1 aliphatic carbocycles. The molecule has 0 bridgehead atoms. The summed E-state index contributed by atoms with van der Waals surface area (Å²) in [6, 6.07) is 13.9. The van der Waals surface area contributed by atoms with Gasteiger partial charge in [0.1, 0.15) is 5.75 Å². The third-order valence-corrected chi connectivity index (χ3v) is 5.64. The van der Waals surface area contributed by atoms with Crippen molar-refractivity contribution < 1.29 is 14.1 Å². The second-order valence-corrected chi connectivity index (χ2v) is 7.40. The number of nitrogens with zero attached hydrogens (tertiary/aromatic N) is 3. The molecule has 1 fully saturated rings. The molecule has 6 heteroatoms. The van der Waals surface area contributed by atoms with E-state index in [4.69, 9.17) is 9.26 Å². The molecule has 142 valence electrons. The lowest BCUT2D eigenvalue weighted by Crippen LogP contribution is -2.24. The van der Waals surface area contributed by atoms with E-state index < -0.39 is 0 Å². The standard InChI is InChI=1S/C22H21N3O3/c1-27-19-7-3-6-16(11-19)21-23-22(28-24-21)17-12-20(26)25(13-17)18-9-8-14-4-2-5-15(14)10-18/h3,6-11,17H,2,4-5,12-13H2,1H3. The Morgan fingerprint density at radius 2 is 2.04 bits per heavy atom. The number of amides is 1. The summed E-state index contributed by atoms with van der Waals surface area (Å²) in [7, 11) is 1.62. The molecule has 1 amide bonds. The first-order valence-electron chi connectivity index (χ1n) is 9.61. The minimum absolute atomic E-state index is 0.0902. The molecular weight excluding hydrogens is 354 g/mol. The van der Waals surface area contributed by atoms with E-state index in [1.54, 1.807) is 7.11 Å². The zero-order valence-electron chi connectivity index (χ0n) is 15.7. The van der Waals surface area contributed by atoms with E-state index in [-0.39, 0.29) is 11.8 Å². The number of carbonyl (C=O) groups is 1. The molecule has 5 rings (SSSR count). The van der Waals surface area contributed by atoms with Crippen LogP contribution in [0.25, 0.3) is 11.4 Å². The van der Waals surface area contributed by atoms with Crippen LogP contribution >= 0.6 is 0 Å². The lowest BCUT2D eigenvalue weighted by molar-refractivity contribution is -0.117. The average molecular weight is 375 g/mol. The van der Waals surface area contributed by atoms with Gasteiger partial charge in [0, 0.05) is 24.2 Å². The maximum atomic E-state index is 12.6. The summed E-state index contributed by atoms with van der Waals surface area (Å²) in [5.74, 6) is 1.77. The number of ether oxygens (including phenoxy) is 1. The van der Waals surface area contributed by atoms with Crippen molar-refractivity contribution in [3.63, 3.8) is 0 Å². The summed E-state index contributed by atoms with van der Waals surface area (Å²) < 4.78 is 10.8. The highest BCUT2D eigenvalue weighted by atomic mass is 16.5. The highest BCUT2D eigenvalue weighted by Crippen LogP contribution is 2.34. The van der Waals surface area contributed by atoms with Crippen LogP contribution in [-0.4, -0.2) is 29.7 Å². The Kier molecular flexibility index (Phi) is 4.11. The van der Waals surface area contributed by atoms with Crippen LogP contribution < -0.4 is 9.64 Å². The van der Waals surface area contributed by atoms with Gasteiger partial charge in [0.15, 0.2) is 0 Å². The van der Waals surface area contributed by atoms with Gasteiger partial charge in [0.05, 0.1) is 13.0 Å².